The van der Waals surface area contributed by atoms with Gasteiger partial charge in [-0.15, -0.1) is 0 Å². The Morgan fingerprint density at radius 2 is 1.62 bits per heavy atom. The van der Waals surface area contributed by atoms with Crippen molar-refractivity contribution in [2.24, 2.45) is 5.41 Å². The van der Waals surface area contributed by atoms with Crippen molar-refractivity contribution >= 4 is 11.9 Å². The largest absolute Gasteiger partial charge is 0.453 e. The molecule has 26 heavy (non-hydrogen) atoms. The lowest BCUT2D eigenvalue weighted by molar-refractivity contribution is -0.155. The van der Waals surface area contributed by atoms with Crippen LogP contribution in [-0.2, 0) is 14.3 Å². The molecule has 3 rings (SSSR count). The van der Waals surface area contributed by atoms with E-state index >= 15 is 0 Å². The molecule has 134 valence electrons. The van der Waals surface area contributed by atoms with Crippen LogP contribution < -0.4 is 0 Å². The minimum atomic E-state index is -0.676. The Morgan fingerprint density at radius 1 is 1.04 bits per heavy atom. The van der Waals surface area contributed by atoms with Crippen molar-refractivity contribution in [3.8, 4) is 0 Å². The fourth-order valence-corrected chi connectivity index (χ4v) is 3.26. The highest BCUT2D eigenvalue weighted by atomic mass is 16.6. The molecule has 0 saturated carbocycles. The maximum absolute atomic E-state index is 12.6. The van der Waals surface area contributed by atoms with Gasteiger partial charge in [0.15, 0.2) is 0 Å². The second-order valence-corrected chi connectivity index (χ2v) is 6.83. The first-order chi connectivity index (χ1) is 12.4. The van der Waals surface area contributed by atoms with Crippen molar-refractivity contribution in [2.75, 3.05) is 0 Å². The Kier molecular flexibility index (Phi) is 4.94. The van der Waals surface area contributed by atoms with Gasteiger partial charge in [-0.2, -0.15) is 0 Å². The van der Waals surface area contributed by atoms with E-state index in [4.69, 9.17) is 9.47 Å². The van der Waals surface area contributed by atoms with Gasteiger partial charge < -0.3 is 9.47 Å². The number of benzene rings is 2. The molecule has 0 bridgehead atoms. The molecule has 1 aliphatic heterocycles. The van der Waals surface area contributed by atoms with Crippen LogP contribution in [0.15, 0.2) is 72.0 Å². The topological polar surface area (TPSA) is 52.6 Å². The Labute approximate surface area is 153 Å². The van der Waals surface area contributed by atoms with Crippen LogP contribution in [0.1, 0.15) is 49.2 Å². The Hall–Kier alpha value is -2.88. The van der Waals surface area contributed by atoms with Crippen molar-refractivity contribution in [2.45, 2.75) is 33.3 Å². The molecule has 0 radical (unpaired) electrons. The highest BCUT2D eigenvalue weighted by molar-refractivity contribution is 5.93. The van der Waals surface area contributed by atoms with Gasteiger partial charge in [0.1, 0.15) is 11.9 Å². The van der Waals surface area contributed by atoms with Gasteiger partial charge >= 0.3 is 11.9 Å². The first-order valence-corrected chi connectivity index (χ1v) is 8.72. The minimum absolute atomic E-state index is 0.388. The van der Waals surface area contributed by atoms with Gasteiger partial charge in [0.25, 0.3) is 0 Å². The summed E-state index contributed by atoms with van der Waals surface area (Å²) < 4.78 is 11.5. The fourth-order valence-electron chi connectivity index (χ4n) is 3.26. The summed E-state index contributed by atoms with van der Waals surface area (Å²) in [6.07, 6.45) is -0.0914. The molecule has 1 heterocycles. The summed E-state index contributed by atoms with van der Waals surface area (Å²) in [4.78, 5) is 25.2. The highest BCUT2D eigenvalue weighted by Gasteiger charge is 2.46. The molecule has 0 fully saturated rings. The Morgan fingerprint density at radius 3 is 2.19 bits per heavy atom. The third-order valence-corrected chi connectivity index (χ3v) is 4.65. The molecule has 4 heteroatoms. The lowest BCUT2D eigenvalue weighted by Crippen LogP contribution is -2.37. The molecule has 0 amide bonds. The van der Waals surface area contributed by atoms with Crippen LogP contribution in [0, 0.1) is 5.41 Å². The van der Waals surface area contributed by atoms with E-state index in [0.29, 0.717) is 23.3 Å². The van der Waals surface area contributed by atoms with E-state index in [2.05, 4.69) is 0 Å². The molecule has 0 N–H and O–H groups in total. The lowest BCUT2D eigenvalue weighted by atomic mass is 9.77. The van der Waals surface area contributed by atoms with Crippen LogP contribution in [0.4, 0.5) is 0 Å². The number of hydrogen-bond acceptors (Lipinski definition) is 4. The van der Waals surface area contributed by atoms with E-state index in [1.54, 1.807) is 24.3 Å². The normalized spacial score (nSPS) is 19.0. The summed E-state index contributed by atoms with van der Waals surface area (Å²) in [5.41, 5.74) is 1.05. The van der Waals surface area contributed by atoms with Crippen molar-refractivity contribution < 1.29 is 19.1 Å². The zero-order valence-electron chi connectivity index (χ0n) is 15.2. The van der Waals surface area contributed by atoms with E-state index in [0.717, 1.165) is 5.56 Å². The van der Waals surface area contributed by atoms with Crippen LogP contribution in [-0.4, -0.2) is 11.9 Å². The van der Waals surface area contributed by atoms with Gasteiger partial charge in [0.2, 0.25) is 0 Å². The van der Waals surface area contributed by atoms with E-state index in [1.807, 2.05) is 57.2 Å². The third kappa shape index (κ3) is 3.27. The average molecular weight is 350 g/mol. The molecule has 0 unspecified atom stereocenters. The van der Waals surface area contributed by atoms with Crippen LogP contribution in [0.2, 0.25) is 0 Å². The maximum atomic E-state index is 12.6. The molecule has 1 aliphatic rings. The number of carbonyl (C=O) groups is 2. The Balaban J connectivity index is 2.01. The molecule has 2 aromatic rings. The molecule has 0 aliphatic carbocycles. The van der Waals surface area contributed by atoms with Crippen LogP contribution in [0.25, 0.3) is 0 Å². The number of esters is 2. The van der Waals surface area contributed by atoms with Crippen molar-refractivity contribution in [3.63, 3.8) is 0 Å². The zero-order valence-corrected chi connectivity index (χ0v) is 15.2. The SMILES string of the molecule is CCC1=C(OC(=O)c2ccccc2)C(C)(C)[C@@H](c2ccccc2)OC1=O. The summed E-state index contributed by atoms with van der Waals surface area (Å²) in [7, 11) is 0. The average Bonchev–Trinajstić information content (AvgIpc) is 2.66. The maximum Gasteiger partial charge on any atom is 0.343 e. The van der Waals surface area contributed by atoms with Gasteiger partial charge in [-0.3, -0.25) is 0 Å². The number of carbonyl (C=O) groups excluding carboxylic acids is 2. The van der Waals surface area contributed by atoms with Crippen LogP contribution in [0.5, 0.6) is 0 Å². The smallest absolute Gasteiger partial charge is 0.343 e. The predicted octanol–water partition coefficient (Wildman–Crippen LogP) is 4.83. The Bertz CT molecular complexity index is 835. The van der Waals surface area contributed by atoms with E-state index in [-0.39, 0.29) is 0 Å². The number of cyclic esters (lactones) is 1. The van der Waals surface area contributed by atoms with Crippen molar-refractivity contribution in [1.82, 2.24) is 0 Å². The van der Waals surface area contributed by atoms with Gasteiger partial charge in [-0.1, -0.05) is 55.5 Å². The van der Waals surface area contributed by atoms with Gasteiger partial charge in [-0.25, -0.2) is 9.59 Å². The molecule has 0 spiro atoms. The number of rotatable bonds is 4. The number of hydrogen-bond donors (Lipinski definition) is 0. The molecular weight excluding hydrogens is 328 g/mol. The first-order valence-electron chi connectivity index (χ1n) is 8.72. The summed E-state index contributed by atoms with van der Waals surface area (Å²) in [5, 5.41) is 0. The van der Waals surface area contributed by atoms with E-state index < -0.39 is 23.5 Å². The second-order valence-electron chi connectivity index (χ2n) is 6.83. The zero-order chi connectivity index (χ0) is 18.7. The summed E-state index contributed by atoms with van der Waals surface area (Å²) in [5.74, 6) is -0.517. The molecular formula is C22H22O4. The van der Waals surface area contributed by atoms with Crippen molar-refractivity contribution in [1.29, 1.82) is 0 Å². The lowest BCUT2D eigenvalue weighted by Gasteiger charge is -2.40. The van der Waals surface area contributed by atoms with Crippen LogP contribution >= 0.6 is 0 Å². The van der Waals surface area contributed by atoms with E-state index in [9.17, 15) is 9.59 Å². The molecule has 4 nitrogen and oxygen atoms in total. The predicted molar refractivity (Wildman–Crippen MR) is 98.2 cm³/mol. The molecule has 2 aromatic carbocycles. The second kappa shape index (κ2) is 7.16. The molecule has 1 atom stereocenters. The highest BCUT2D eigenvalue weighted by Crippen LogP contribution is 2.48. The standard InChI is InChI=1S/C22H22O4/c1-4-17-19(26-20(23)16-13-9-6-10-14-16)22(2,3)18(25-21(17)24)15-11-7-5-8-12-15/h5-14,18H,4H2,1-3H3/t18-/m1/s1. The van der Waals surface area contributed by atoms with Gasteiger partial charge in [0.05, 0.1) is 16.6 Å². The first kappa shape index (κ1) is 17.9. The van der Waals surface area contributed by atoms with Gasteiger partial charge in [-0.05, 0) is 38.0 Å². The quantitative estimate of drug-likeness (QED) is 0.741. The monoisotopic (exact) mass is 350 g/mol. The third-order valence-electron chi connectivity index (χ3n) is 4.65. The van der Waals surface area contributed by atoms with Crippen LogP contribution in [0.3, 0.4) is 0 Å². The van der Waals surface area contributed by atoms with Gasteiger partial charge in [0, 0.05) is 0 Å². The van der Waals surface area contributed by atoms with Crippen molar-refractivity contribution in [3.05, 3.63) is 83.1 Å². The fraction of sp³-hybridized carbons (Fsp3) is 0.273. The molecule has 0 aromatic heterocycles. The summed E-state index contributed by atoms with van der Waals surface area (Å²) in [6, 6.07) is 18.3. The number of ether oxygens (including phenoxy) is 2. The molecule has 0 saturated heterocycles. The van der Waals surface area contributed by atoms with E-state index in [1.165, 1.54) is 0 Å². The minimum Gasteiger partial charge on any atom is -0.453 e. The summed E-state index contributed by atoms with van der Waals surface area (Å²) >= 11 is 0. The summed E-state index contributed by atoms with van der Waals surface area (Å²) in [6.45, 7) is 5.71.